The van der Waals surface area contributed by atoms with E-state index in [1.165, 1.54) is 6.20 Å². The minimum atomic E-state index is -1.29. The van der Waals surface area contributed by atoms with Crippen molar-refractivity contribution in [1.82, 2.24) is 4.98 Å². The van der Waals surface area contributed by atoms with E-state index < -0.39 is 11.8 Å². The van der Waals surface area contributed by atoms with Crippen LogP contribution in [0.25, 0.3) is 0 Å². The molecule has 98 valence electrons. The van der Waals surface area contributed by atoms with Gasteiger partial charge in [0.05, 0.1) is 6.10 Å². The maximum Gasteiger partial charge on any atom is 0.338 e. The predicted octanol–water partition coefficient (Wildman–Crippen LogP) is 1.90. The monoisotopic (exact) mass is 254 g/mol. The first-order valence-electron chi connectivity index (χ1n) is 5.79. The molecule has 0 saturated heterocycles. The zero-order valence-electron chi connectivity index (χ0n) is 10.0. The molecular weight excluding hydrogens is 239 g/mol. The largest absolute Gasteiger partial charge is 0.478 e. The summed E-state index contributed by atoms with van der Waals surface area (Å²) in [7, 11) is 1.65. The fourth-order valence-electron chi connectivity index (χ4n) is 2.19. The predicted molar refractivity (Wildman–Crippen MR) is 63.2 cm³/mol. The first-order valence-corrected chi connectivity index (χ1v) is 5.79. The van der Waals surface area contributed by atoms with Crippen LogP contribution in [0, 0.1) is 5.82 Å². The number of anilines is 1. The topological polar surface area (TPSA) is 71.5 Å². The summed E-state index contributed by atoms with van der Waals surface area (Å²) >= 11 is 0. The second-order valence-corrected chi connectivity index (χ2v) is 4.34. The van der Waals surface area contributed by atoms with Gasteiger partial charge in [-0.2, -0.15) is 0 Å². The molecule has 0 aliphatic heterocycles. The third-order valence-electron chi connectivity index (χ3n) is 3.18. The van der Waals surface area contributed by atoms with Crippen molar-refractivity contribution in [2.75, 3.05) is 12.4 Å². The van der Waals surface area contributed by atoms with E-state index in [1.54, 1.807) is 7.11 Å². The normalized spacial score (nSPS) is 23.0. The van der Waals surface area contributed by atoms with E-state index in [0.29, 0.717) is 0 Å². The molecule has 6 heteroatoms. The molecule has 1 aliphatic rings. The average Bonchev–Trinajstić information content (AvgIpc) is 2.79. The minimum Gasteiger partial charge on any atom is -0.478 e. The first-order chi connectivity index (χ1) is 8.61. The highest BCUT2D eigenvalue weighted by molar-refractivity contribution is 5.88. The van der Waals surface area contributed by atoms with Crippen molar-refractivity contribution in [3.63, 3.8) is 0 Å². The van der Waals surface area contributed by atoms with Crippen molar-refractivity contribution in [3.8, 4) is 0 Å². The fraction of sp³-hybridized carbons (Fsp3) is 0.500. The van der Waals surface area contributed by atoms with Gasteiger partial charge >= 0.3 is 5.97 Å². The second-order valence-electron chi connectivity index (χ2n) is 4.34. The number of hydrogen-bond donors (Lipinski definition) is 2. The second kappa shape index (κ2) is 5.30. The van der Waals surface area contributed by atoms with E-state index in [9.17, 15) is 9.18 Å². The number of ether oxygens (including phenoxy) is 1. The number of nitrogens with zero attached hydrogens (tertiary/aromatic N) is 1. The molecule has 2 N–H and O–H groups in total. The molecule has 0 bridgehead atoms. The molecule has 1 heterocycles. The summed E-state index contributed by atoms with van der Waals surface area (Å²) in [4.78, 5) is 14.6. The van der Waals surface area contributed by atoms with Crippen molar-refractivity contribution in [2.45, 2.75) is 31.4 Å². The maximum absolute atomic E-state index is 13.8. The van der Waals surface area contributed by atoms with Gasteiger partial charge < -0.3 is 15.2 Å². The molecule has 1 aromatic rings. The summed E-state index contributed by atoms with van der Waals surface area (Å²) in [5.41, 5.74) is -0.367. The highest BCUT2D eigenvalue weighted by atomic mass is 19.1. The summed E-state index contributed by atoms with van der Waals surface area (Å²) in [6, 6.07) is 1.22. The summed E-state index contributed by atoms with van der Waals surface area (Å²) in [6.07, 6.45) is 4.01. The molecular formula is C12H15FN2O3. The SMILES string of the molecule is COC1CCC(Nc2nccc(C(=O)O)c2F)C1. The molecule has 0 spiro atoms. The summed E-state index contributed by atoms with van der Waals surface area (Å²) in [5.74, 6) is -2.11. The molecule has 0 amide bonds. The van der Waals surface area contributed by atoms with Gasteiger partial charge in [0.2, 0.25) is 0 Å². The van der Waals surface area contributed by atoms with Crippen LogP contribution in [0.5, 0.6) is 0 Å². The molecule has 1 aromatic heterocycles. The molecule has 2 atom stereocenters. The van der Waals surface area contributed by atoms with E-state index >= 15 is 0 Å². The number of carboxylic acid groups (broad SMARTS) is 1. The highest BCUT2D eigenvalue weighted by Crippen LogP contribution is 2.25. The Labute approximate surface area is 104 Å². The summed E-state index contributed by atoms with van der Waals surface area (Å²) in [6.45, 7) is 0. The van der Waals surface area contributed by atoms with Gasteiger partial charge in [0.1, 0.15) is 5.56 Å². The zero-order chi connectivity index (χ0) is 13.1. The Hall–Kier alpha value is -1.69. The molecule has 0 aromatic carbocycles. The van der Waals surface area contributed by atoms with Crippen LogP contribution in [0.1, 0.15) is 29.6 Å². The molecule has 2 rings (SSSR count). The first kappa shape index (κ1) is 12.8. The Morgan fingerprint density at radius 1 is 1.61 bits per heavy atom. The highest BCUT2D eigenvalue weighted by Gasteiger charge is 2.26. The average molecular weight is 254 g/mol. The van der Waals surface area contributed by atoms with Crippen LogP contribution in [-0.4, -0.2) is 35.3 Å². The van der Waals surface area contributed by atoms with Crippen LogP contribution in [0.2, 0.25) is 0 Å². The van der Waals surface area contributed by atoms with Gasteiger partial charge in [0.25, 0.3) is 0 Å². The molecule has 5 nitrogen and oxygen atoms in total. The Kier molecular flexibility index (Phi) is 3.76. The van der Waals surface area contributed by atoms with Gasteiger partial charge in [-0.05, 0) is 25.3 Å². The molecule has 0 radical (unpaired) electrons. The lowest BCUT2D eigenvalue weighted by atomic mass is 10.2. The van der Waals surface area contributed by atoms with E-state index in [4.69, 9.17) is 9.84 Å². The van der Waals surface area contributed by atoms with Crippen molar-refractivity contribution in [2.24, 2.45) is 0 Å². The van der Waals surface area contributed by atoms with E-state index in [2.05, 4.69) is 10.3 Å². The van der Waals surface area contributed by atoms with Crippen LogP contribution in [0.15, 0.2) is 12.3 Å². The molecule has 1 fully saturated rings. The van der Waals surface area contributed by atoms with Crippen molar-refractivity contribution >= 4 is 11.8 Å². The molecule has 1 saturated carbocycles. The van der Waals surface area contributed by atoms with Gasteiger partial charge in [-0.25, -0.2) is 14.2 Å². The maximum atomic E-state index is 13.8. The van der Waals surface area contributed by atoms with Gasteiger partial charge in [0.15, 0.2) is 11.6 Å². The lowest BCUT2D eigenvalue weighted by molar-refractivity contribution is 0.0691. The number of aromatic carboxylic acids is 1. The van der Waals surface area contributed by atoms with Crippen LogP contribution >= 0.6 is 0 Å². The van der Waals surface area contributed by atoms with Gasteiger partial charge in [-0.15, -0.1) is 0 Å². The Balaban J connectivity index is 2.10. The number of aromatic nitrogens is 1. The zero-order valence-corrected chi connectivity index (χ0v) is 10.0. The Bertz CT molecular complexity index is 453. The van der Waals surface area contributed by atoms with Crippen LogP contribution in [-0.2, 0) is 4.74 Å². The quantitative estimate of drug-likeness (QED) is 0.858. The van der Waals surface area contributed by atoms with E-state index in [-0.39, 0.29) is 23.5 Å². The molecule has 18 heavy (non-hydrogen) atoms. The smallest absolute Gasteiger partial charge is 0.338 e. The number of nitrogens with one attached hydrogen (secondary N) is 1. The molecule has 2 unspecified atom stereocenters. The number of halogens is 1. The summed E-state index contributed by atoms with van der Waals surface area (Å²) in [5, 5.41) is 11.8. The van der Waals surface area contributed by atoms with Gasteiger partial charge in [-0.3, -0.25) is 0 Å². The van der Waals surface area contributed by atoms with Crippen molar-refractivity contribution in [1.29, 1.82) is 0 Å². The van der Waals surface area contributed by atoms with Crippen LogP contribution < -0.4 is 5.32 Å². The summed E-state index contributed by atoms with van der Waals surface area (Å²) < 4.78 is 19.0. The third kappa shape index (κ3) is 2.59. The Morgan fingerprint density at radius 3 is 3.00 bits per heavy atom. The standard InChI is InChI=1S/C12H15FN2O3/c1-18-8-3-2-7(6-8)15-11-10(13)9(12(16)17)4-5-14-11/h4-5,7-8H,2-3,6H2,1H3,(H,14,15)(H,16,17). The number of carbonyl (C=O) groups is 1. The minimum absolute atomic E-state index is 0.00310. The molecule has 1 aliphatic carbocycles. The third-order valence-corrected chi connectivity index (χ3v) is 3.18. The number of rotatable bonds is 4. The van der Waals surface area contributed by atoms with Gasteiger partial charge in [0, 0.05) is 19.3 Å². The van der Waals surface area contributed by atoms with E-state index in [0.717, 1.165) is 25.3 Å². The number of hydrogen-bond acceptors (Lipinski definition) is 4. The number of methoxy groups -OCH3 is 1. The number of carboxylic acids is 1. The van der Waals surface area contributed by atoms with Crippen LogP contribution in [0.4, 0.5) is 10.2 Å². The van der Waals surface area contributed by atoms with E-state index in [1.807, 2.05) is 0 Å². The van der Waals surface area contributed by atoms with Crippen molar-refractivity contribution in [3.05, 3.63) is 23.6 Å². The Morgan fingerprint density at radius 2 is 2.39 bits per heavy atom. The number of pyridine rings is 1. The van der Waals surface area contributed by atoms with Crippen molar-refractivity contribution < 1.29 is 19.0 Å². The lowest BCUT2D eigenvalue weighted by Crippen LogP contribution is -2.19. The van der Waals surface area contributed by atoms with Crippen LogP contribution in [0.3, 0.4) is 0 Å². The van der Waals surface area contributed by atoms with Gasteiger partial charge in [-0.1, -0.05) is 0 Å². The fourth-order valence-corrected chi connectivity index (χ4v) is 2.19. The lowest BCUT2D eigenvalue weighted by Gasteiger charge is -2.14.